The molecule has 100 valence electrons. The lowest BCUT2D eigenvalue weighted by Gasteiger charge is -2.09. The van der Waals surface area contributed by atoms with Gasteiger partial charge in [0.1, 0.15) is 11.6 Å². The lowest BCUT2D eigenvalue weighted by molar-refractivity contribution is 0.414. The molecule has 0 unspecified atom stereocenters. The van der Waals surface area contributed by atoms with Crippen LogP contribution in [-0.4, -0.2) is 7.11 Å². The zero-order chi connectivity index (χ0) is 13.8. The maximum absolute atomic E-state index is 12.9. The number of thioether (sulfide) groups is 1. The topological polar surface area (TPSA) is 35.2 Å². The summed E-state index contributed by atoms with van der Waals surface area (Å²) in [6.07, 6.45) is 0. The van der Waals surface area contributed by atoms with E-state index in [2.05, 4.69) is 0 Å². The molecule has 0 bridgehead atoms. The van der Waals surface area contributed by atoms with Gasteiger partial charge in [0.05, 0.1) is 7.11 Å². The highest BCUT2D eigenvalue weighted by atomic mass is 35.5. The number of nitrogen functional groups attached to an aromatic ring is 1. The molecule has 0 radical (unpaired) electrons. The molecule has 0 saturated heterocycles. The number of nitrogens with two attached hydrogens (primary N) is 1. The van der Waals surface area contributed by atoms with E-state index in [1.165, 1.54) is 23.9 Å². The van der Waals surface area contributed by atoms with Gasteiger partial charge in [-0.2, -0.15) is 0 Å². The molecule has 19 heavy (non-hydrogen) atoms. The van der Waals surface area contributed by atoms with Gasteiger partial charge in [-0.1, -0.05) is 17.7 Å². The van der Waals surface area contributed by atoms with Gasteiger partial charge < -0.3 is 10.5 Å². The Kier molecular flexibility index (Phi) is 4.56. The van der Waals surface area contributed by atoms with Crippen LogP contribution in [0, 0.1) is 5.82 Å². The van der Waals surface area contributed by atoms with Crippen LogP contribution in [0.5, 0.6) is 5.75 Å². The van der Waals surface area contributed by atoms with Crippen molar-refractivity contribution in [3.63, 3.8) is 0 Å². The first-order valence-corrected chi connectivity index (χ1v) is 6.96. The van der Waals surface area contributed by atoms with Crippen LogP contribution in [0.1, 0.15) is 5.56 Å². The fourth-order valence-electron chi connectivity index (χ4n) is 1.56. The monoisotopic (exact) mass is 297 g/mol. The average Bonchev–Trinajstić information content (AvgIpc) is 2.39. The molecular formula is C14H13ClFNOS. The highest BCUT2D eigenvalue weighted by molar-refractivity contribution is 7.98. The Hall–Kier alpha value is -1.39. The van der Waals surface area contributed by atoms with E-state index in [1.54, 1.807) is 19.2 Å². The van der Waals surface area contributed by atoms with Crippen LogP contribution in [-0.2, 0) is 5.75 Å². The van der Waals surface area contributed by atoms with Crippen molar-refractivity contribution in [2.75, 3.05) is 12.8 Å². The molecule has 2 rings (SSSR count). The van der Waals surface area contributed by atoms with Crippen molar-refractivity contribution in [2.24, 2.45) is 0 Å². The molecular weight excluding hydrogens is 285 g/mol. The highest BCUT2D eigenvalue weighted by Gasteiger charge is 2.06. The fourth-order valence-corrected chi connectivity index (χ4v) is 2.87. The van der Waals surface area contributed by atoms with Crippen molar-refractivity contribution in [1.82, 2.24) is 0 Å². The maximum atomic E-state index is 12.9. The number of halogens is 2. The van der Waals surface area contributed by atoms with Crippen LogP contribution < -0.4 is 10.5 Å². The first-order valence-electron chi connectivity index (χ1n) is 5.60. The zero-order valence-corrected chi connectivity index (χ0v) is 11.9. The molecule has 0 amide bonds. The average molecular weight is 298 g/mol. The molecule has 0 atom stereocenters. The minimum absolute atomic E-state index is 0.334. The smallest absolute Gasteiger partial charge is 0.124 e. The molecule has 0 aromatic heterocycles. The SMILES string of the molecule is COc1ccc(N)c(SCc2ccc(F)cc2Cl)c1. The van der Waals surface area contributed by atoms with E-state index in [4.69, 9.17) is 22.1 Å². The molecule has 0 aliphatic carbocycles. The predicted molar refractivity (Wildman–Crippen MR) is 78.4 cm³/mol. The van der Waals surface area contributed by atoms with Gasteiger partial charge in [-0.05, 0) is 35.9 Å². The number of benzene rings is 2. The second-order valence-electron chi connectivity index (χ2n) is 3.93. The summed E-state index contributed by atoms with van der Waals surface area (Å²) >= 11 is 7.52. The van der Waals surface area contributed by atoms with Crippen molar-refractivity contribution in [3.8, 4) is 5.75 Å². The maximum Gasteiger partial charge on any atom is 0.124 e. The van der Waals surface area contributed by atoms with Crippen molar-refractivity contribution in [3.05, 3.63) is 52.8 Å². The van der Waals surface area contributed by atoms with E-state index in [9.17, 15) is 4.39 Å². The number of ether oxygens (including phenoxy) is 1. The lowest BCUT2D eigenvalue weighted by atomic mass is 10.2. The van der Waals surface area contributed by atoms with Gasteiger partial charge >= 0.3 is 0 Å². The van der Waals surface area contributed by atoms with E-state index in [0.29, 0.717) is 16.5 Å². The number of rotatable bonds is 4. The molecule has 0 aliphatic heterocycles. The number of hydrogen-bond acceptors (Lipinski definition) is 3. The van der Waals surface area contributed by atoms with Crippen LogP contribution in [0.15, 0.2) is 41.3 Å². The normalized spacial score (nSPS) is 10.5. The third-order valence-electron chi connectivity index (χ3n) is 2.62. The summed E-state index contributed by atoms with van der Waals surface area (Å²) in [6, 6.07) is 9.87. The van der Waals surface area contributed by atoms with Crippen LogP contribution in [0.25, 0.3) is 0 Å². The number of methoxy groups -OCH3 is 1. The fraction of sp³-hybridized carbons (Fsp3) is 0.143. The van der Waals surface area contributed by atoms with Crippen molar-refractivity contribution in [2.45, 2.75) is 10.6 Å². The summed E-state index contributed by atoms with van der Waals surface area (Å²) in [7, 11) is 1.61. The summed E-state index contributed by atoms with van der Waals surface area (Å²) in [5, 5.41) is 0.425. The van der Waals surface area contributed by atoms with Gasteiger partial charge in [-0.25, -0.2) is 4.39 Å². The Labute approximate surface area is 120 Å². The summed E-state index contributed by atoms with van der Waals surface area (Å²) in [6.45, 7) is 0. The van der Waals surface area contributed by atoms with Crippen LogP contribution in [0.2, 0.25) is 5.02 Å². The Balaban J connectivity index is 2.14. The van der Waals surface area contributed by atoms with Gasteiger partial charge in [-0.3, -0.25) is 0 Å². The van der Waals surface area contributed by atoms with Crippen LogP contribution >= 0.6 is 23.4 Å². The van der Waals surface area contributed by atoms with Crippen molar-refractivity contribution < 1.29 is 9.13 Å². The van der Waals surface area contributed by atoms with Crippen LogP contribution in [0.3, 0.4) is 0 Å². The molecule has 2 nitrogen and oxygen atoms in total. The molecule has 5 heteroatoms. The van der Waals surface area contributed by atoms with Gasteiger partial charge in [0.2, 0.25) is 0 Å². The standard InChI is InChI=1S/C14H13ClFNOS/c1-18-11-4-5-13(17)14(7-11)19-8-9-2-3-10(16)6-12(9)15/h2-7H,8,17H2,1H3. The summed E-state index contributed by atoms with van der Waals surface area (Å²) < 4.78 is 18.1. The van der Waals surface area contributed by atoms with E-state index in [-0.39, 0.29) is 5.82 Å². The van der Waals surface area contributed by atoms with Crippen molar-refractivity contribution >= 4 is 29.1 Å². The molecule has 2 N–H and O–H groups in total. The Morgan fingerprint density at radius 2 is 2.05 bits per heavy atom. The molecule has 0 heterocycles. The Morgan fingerprint density at radius 1 is 1.26 bits per heavy atom. The van der Waals surface area contributed by atoms with Crippen LogP contribution in [0.4, 0.5) is 10.1 Å². The first kappa shape index (κ1) is 14.0. The predicted octanol–water partition coefficient (Wildman–Crippen LogP) is 4.36. The Bertz CT molecular complexity index is 592. The second kappa shape index (κ2) is 6.17. The summed E-state index contributed by atoms with van der Waals surface area (Å²) in [5.41, 5.74) is 7.46. The highest BCUT2D eigenvalue weighted by Crippen LogP contribution is 2.33. The zero-order valence-electron chi connectivity index (χ0n) is 10.3. The van der Waals surface area contributed by atoms with E-state index < -0.39 is 0 Å². The lowest BCUT2D eigenvalue weighted by Crippen LogP contribution is -1.91. The molecule has 0 fully saturated rings. The van der Waals surface area contributed by atoms with E-state index in [1.807, 2.05) is 12.1 Å². The first-order chi connectivity index (χ1) is 9.10. The largest absolute Gasteiger partial charge is 0.497 e. The quantitative estimate of drug-likeness (QED) is 0.672. The molecule has 2 aromatic carbocycles. The molecule has 0 saturated carbocycles. The number of hydrogen-bond donors (Lipinski definition) is 1. The third kappa shape index (κ3) is 3.55. The van der Waals surface area contributed by atoms with Gasteiger partial charge in [0.15, 0.2) is 0 Å². The molecule has 0 aliphatic rings. The van der Waals surface area contributed by atoms with E-state index >= 15 is 0 Å². The minimum Gasteiger partial charge on any atom is -0.497 e. The number of anilines is 1. The molecule has 0 spiro atoms. The minimum atomic E-state index is -0.334. The van der Waals surface area contributed by atoms with Gasteiger partial charge in [-0.15, -0.1) is 11.8 Å². The van der Waals surface area contributed by atoms with Gasteiger partial charge in [0, 0.05) is 21.4 Å². The van der Waals surface area contributed by atoms with Crippen molar-refractivity contribution in [1.29, 1.82) is 0 Å². The summed E-state index contributed by atoms with van der Waals surface area (Å²) in [5.74, 6) is 1.04. The third-order valence-corrected chi connectivity index (χ3v) is 4.09. The van der Waals surface area contributed by atoms with E-state index in [0.717, 1.165) is 16.2 Å². The Morgan fingerprint density at radius 3 is 2.74 bits per heavy atom. The van der Waals surface area contributed by atoms with Gasteiger partial charge in [0.25, 0.3) is 0 Å². The second-order valence-corrected chi connectivity index (χ2v) is 5.35. The summed E-state index contributed by atoms with van der Waals surface area (Å²) in [4.78, 5) is 0.916. The molecule has 2 aromatic rings.